The molecule has 2 aromatic rings. The molecule has 0 spiro atoms. The van der Waals surface area contributed by atoms with E-state index in [2.05, 4.69) is 10.2 Å². The van der Waals surface area contributed by atoms with Gasteiger partial charge in [0.1, 0.15) is 10.9 Å². The Morgan fingerprint density at radius 3 is 2.52 bits per heavy atom. The van der Waals surface area contributed by atoms with Crippen molar-refractivity contribution in [2.24, 2.45) is 0 Å². The number of carbonyl (C=O) groups is 1. The molecule has 132 valence electrons. The minimum Gasteiger partial charge on any atom is -0.341 e. The molecule has 1 aliphatic rings. The van der Waals surface area contributed by atoms with E-state index in [1.54, 1.807) is 6.92 Å². The molecule has 1 amide bonds. The predicted octanol–water partition coefficient (Wildman–Crippen LogP) is 1.51. The maximum Gasteiger partial charge on any atom is 0.294 e. The molecule has 25 heavy (non-hydrogen) atoms. The summed E-state index contributed by atoms with van der Waals surface area (Å²) in [6.07, 6.45) is 3.19. The van der Waals surface area contributed by atoms with Gasteiger partial charge in [0.15, 0.2) is 0 Å². The fraction of sp³-hybridized carbons (Fsp3) is 0.412. The average Bonchev–Trinajstić information content (AvgIpc) is 2.66. The van der Waals surface area contributed by atoms with Crippen molar-refractivity contribution in [2.75, 3.05) is 18.9 Å². The highest BCUT2D eigenvalue weighted by Crippen LogP contribution is 2.35. The van der Waals surface area contributed by atoms with E-state index in [0.29, 0.717) is 0 Å². The van der Waals surface area contributed by atoms with Crippen molar-refractivity contribution in [3.63, 3.8) is 0 Å². The van der Waals surface area contributed by atoms with Gasteiger partial charge in [-0.3, -0.25) is 9.59 Å². The van der Waals surface area contributed by atoms with E-state index < -0.39 is 10.8 Å². The Labute approximate surface area is 150 Å². The number of aryl methyl sites for hydroxylation is 1. The SMILES string of the molecule is Cc1nnc(S[C@H](C(=O)N2CCCCC2)c2ccccc2)n(N)c1=O. The lowest BCUT2D eigenvalue weighted by atomic mass is 10.1. The first-order valence-corrected chi connectivity index (χ1v) is 9.17. The predicted molar refractivity (Wildman–Crippen MR) is 96.7 cm³/mol. The van der Waals surface area contributed by atoms with E-state index in [1.165, 1.54) is 11.8 Å². The molecule has 0 saturated carbocycles. The summed E-state index contributed by atoms with van der Waals surface area (Å²) < 4.78 is 0.965. The smallest absolute Gasteiger partial charge is 0.294 e. The third-order valence-corrected chi connectivity index (χ3v) is 5.44. The third kappa shape index (κ3) is 3.84. The first-order valence-electron chi connectivity index (χ1n) is 8.29. The number of likely N-dealkylation sites (tertiary alicyclic amines) is 1. The number of carbonyl (C=O) groups excluding carboxylic acids is 1. The largest absolute Gasteiger partial charge is 0.341 e. The Balaban J connectivity index is 1.93. The van der Waals surface area contributed by atoms with Crippen molar-refractivity contribution in [1.82, 2.24) is 19.8 Å². The Hall–Kier alpha value is -2.35. The van der Waals surface area contributed by atoms with Crippen LogP contribution in [0, 0.1) is 6.92 Å². The van der Waals surface area contributed by atoms with E-state index in [1.807, 2.05) is 35.2 Å². The lowest BCUT2D eigenvalue weighted by molar-refractivity contribution is -0.131. The molecule has 1 saturated heterocycles. The average molecular weight is 359 g/mol. The van der Waals surface area contributed by atoms with Crippen molar-refractivity contribution in [3.05, 3.63) is 51.9 Å². The molecule has 1 aromatic carbocycles. The van der Waals surface area contributed by atoms with Crippen LogP contribution in [-0.2, 0) is 4.79 Å². The normalized spacial score (nSPS) is 15.8. The van der Waals surface area contributed by atoms with Crippen LogP contribution in [0.5, 0.6) is 0 Å². The highest BCUT2D eigenvalue weighted by atomic mass is 32.2. The number of nitrogen functional groups attached to an aromatic ring is 1. The number of nitrogens with two attached hydrogens (primary N) is 1. The number of aromatic nitrogens is 3. The van der Waals surface area contributed by atoms with E-state index in [-0.39, 0.29) is 16.8 Å². The number of piperidine rings is 1. The number of rotatable bonds is 4. The van der Waals surface area contributed by atoms with Crippen LogP contribution in [0.1, 0.15) is 35.8 Å². The minimum atomic E-state index is -0.509. The molecule has 7 nitrogen and oxygen atoms in total. The molecule has 2 N–H and O–H groups in total. The maximum atomic E-state index is 13.1. The summed E-state index contributed by atoms with van der Waals surface area (Å²) in [6, 6.07) is 9.49. The van der Waals surface area contributed by atoms with Crippen LogP contribution in [0.2, 0.25) is 0 Å². The van der Waals surface area contributed by atoms with E-state index in [4.69, 9.17) is 5.84 Å². The summed E-state index contributed by atoms with van der Waals surface area (Å²) in [5, 5.41) is 7.58. The summed E-state index contributed by atoms with van der Waals surface area (Å²) in [5.41, 5.74) is 0.679. The van der Waals surface area contributed by atoms with Gasteiger partial charge in [0, 0.05) is 13.1 Å². The number of hydrogen-bond acceptors (Lipinski definition) is 6. The molecular weight excluding hydrogens is 338 g/mol. The van der Waals surface area contributed by atoms with Crippen LogP contribution >= 0.6 is 11.8 Å². The number of nitrogens with zero attached hydrogens (tertiary/aromatic N) is 4. The Kier molecular flexibility index (Phi) is 5.37. The summed E-state index contributed by atoms with van der Waals surface area (Å²) in [6.45, 7) is 3.08. The molecule has 8 heteroatoms. The van der Waals surface area contributed by atoms with E-state index >= 15 is 0 Å². The Morgan fingerprint density at radius 1 is 1.16 bits per heavy atom. The van der Waals surface area contributed by atoms with Gasteiger partial charge in [-0.05, 0) is 31.7 Å². The molecule has 0 radical (unpaired) electrons. The van der Waals surface area contributed by atoms with Gasteiger partial charge in [-0.1, -0.05) is 42.1 Å². The number of hydrogen-bond donors (Lipinski definition) is 1. The standard InChI is InChI=1S/C17H21N5O2S/c1-12-15(23)22(18)17(20-19-12)25-14(13-8-4-2-5-9-13)16(24)21-10-6-3-7-11-21/h2,4-5,8-9,14H,3,6-7,10-11,18H2,1H3/t14-/m0/s1. The van der Waals surface area contributed by atoms with Gasteiger partial charge in [-0.2, -0.15) is 4.68 Å². The lowest BCUT2D eigenvalue weighted by Gasteiger charge is -2.30. The fourth-order valence-corrected chi connectivity index (χ4v) is 3.86. The molecule has 0 aliphatic carbocycles. The van der Waals surface area contributed by atoms with Crippen molar-refractivity contribution in [2.45, 2.75) is 36.6 Å². The second-order valence-electron chi connectivity index (χ2n) is 6.04. The van der Waals surface area contributed by atoms with Crippen molar-refractivity contribution in [3.8, 4) is 0 Å². The van der Waals surface area contributed by atoms with Crippen LogP contribution in [0.15, 0.2) is 40.3 Å². The highest BCUT2D eigenvalue weighted by Gasteiger charge is 2.29. The van der Waals surface area contributed by atoms with Gasteiger partial charge < -0.3 is 10.7 Å². The summed E-state index contributed by atoms with van der Waals surface area (Å²) in [7, 11) is 0. The first kappa shape index (κ1) is 17.5. The van der Waals surface area contributed by atoms with Gasteiger partial charge in [0.2, 0.25) is 11.1 Å². The van der Waals surface area contributed by atoms with Gasteiger partial charge >= 0.3 is 0 Å². The van der Waals surface area contributed by atoms with Crippen molar-refractivity contribution in [1.29, 1.82) is 0 Å². The second kappa shape index (κ2) is 7.69. The fourth-order valence-electron chi connectivity index (χ4n) is 2.82. The molecule has 3 rings (SSSR count). The van der Waals surface area contributed by atoms with Crippen LogP contribution in [0.25, 0.3) is 0 Å². The van der Waals surface area contributed by atoms with Gasteiger partial charge in [-0.15, -0.1) is 10.2 Å². The van der Waals surface area contributed by atoms with Crippen LogP contribution < -0.4 is 11.4 Å². The molecule has 0 unspecified atom stereocenters. The Morgan fingerprint density at radius 2 is 1.84 bits per heavy atom. The molecular formula is C17H21N5O2S. The molecule has 1 aliphatic heterocycles. The summed E-state index contributed by atoms with van der Waals surface area (Å²) in [5.74, 6) is 5.86. The highest BCUT2D eigenvalue weighted by molar-refractivity contribution is 8.00. The quantitative estimate of drug-likeness (QED) is 0.657. The third-order valence-electron chi connectivity index (χ3n) is 4.24. The second-order valence-corrected chi connectivity index (χ2v) is 7.11. The number of amides is 1. The Bertz CT molecular complexity index is 802. The van der Waals surface area contributed by atoms with Crippen LogP contribution in [-0.4, -0.2) is 38.8 Å². The van der Waals surface area contributed by atoms with Crippen LogP contribution in [0.3, 0.4) is 0 Å². The topological polar surface area (TPSA) is 94.1 Å². The zero-order valence-corrected chi connectivity index (χ0v) is 14.9. The zero-order valence-electron chi connectivity index (χ0n) is 14.1. The monoisotopic (exact) mass is 359 g/mol. The van der Waals surface area contributed by atoms with Gasteiger partial charge in [-0.25, -0.2) is 0 Å². The van der Waals surface area contributed by atoms with Gasteiger partial charge in [0.25, 0.3) is 5.56 Å². The molecule has 2 heterocycles. The minimum absolute atomic E-state index is 0.0192. The molecule has 1 atom stereocenters. The number of benzene rings is 1. The summed E-state index contributed by atoms with van der Waals surface area (Å²) in [4.78, 5) is 27.0. The summed E-state index contributed by atoms with van der Waals surface area (Å²) >= 11 is 1.17. The van der Waals surface area contributed by atoms with E-state index in [0.717, 1.165) is 42.6 Å². The molecule has 1 fully saturated rings. The van der Waals surface area contributed by atoms with E-state index in [9.17, 15) is 9.59 Å². The molecule has 1 aromatic heterocycles. The first-order chi connectivity index (χ1) is 12.1. The van der Waals surface area contributed by atoms with Crippen molar-refractivity contribution >= 4 is 17.7 Å². The lowest BCUT2D eigenvalue weighted by Crippen LogP contribution is -2.38. The van der Waals surface area contributed by atoms with Gasteiger partial charge in [0.05, 0.1) is 0 Å². The zero-order chi connectivity index (χ0) is 17.8. The maximum absolute atomic E-state index is 13.1. The van der Waals surface area contributed by atoms with Crippen LogP contribution in [0.4, 0.5) is 0 Å². The van der Waals surface area contributed by atoms with Crippen molar-refractivity contribution < 1.29 is 4.79 Å². The number of thioether (sulfide) groups is 1. The molecule has 0 bridgehead atoms.